The van der Waals surface area contributed by atoms with Crippen molar-refractivity contribution in [3.63, 3.8) is 0 Å². The van der Waals surface area contributed by atoms with Gasteiger partial charge in [0.2, 0.25) is 0 Å². The van der Waals surface area contributed by atoms with Gasteiger partial charge in [-0.05, 0) is 48.9 Å². The van der Waals surface area contributed by atoms with Crippen LogP contribution in [0.5, 0.6) is 5.75 Å². The van der Waals surface area contributed by atoms with Gasteiger partial charge in [0, 0.05) is 41.7 Å². The first-order valence-corrected chi connectivity index (χ1v) is 13.4. The van der Waals surface area contributed by atoms with Gasteiger partial charge in [-0.15, -0.1) is 0 Å². The Morgan fingerprint density at radius 3 is 1.94 bits per heavy atom. The molecular formula is C26H41N2O4P. The van der Waals surface area contributed by atoms with Crippen molar-refractivity contribution in [1.29, 1.82) is 0 Å². The van der Waals surface area contributed by atoms with Gasteiger partial charge in [-0.2, -0.15) is 0 Å². The highest BCUT2D eigenvalue weighted by atomic mass is 31.2. The predicted octanol–water partition coefficient (Wildman–Crippen LogP) is 6.65. The summed E-state index contributed by atoms with van der Waals surface area (Å²) < 4.78 is 24.7. The fraction of sp³-hybridized carbons (Fsp3) is 0.577. The molecule has 0 aliphatic carbocycles. The van der Waals surface area contributed by atoms with Gasteiger partial charge >= 0.3 is 7.60 Å². The Bertz CT molecular complexity index is 904. The first-order valence-electron chi connectivity index (χ1n) is 11.7. The zero-order valence-electron chi connectivity index (χ0n) is 21.5. The third kappa shape index (κ3) is 7.56. The summed E-state index contributed by atoms with van der Waals surface area (Å²) in [5.41, 5.74) is 3.02. The summed E-state index contributed by atoms with van der Waals surface area (Å²) in [4.78, 5) is 6.49. The van der Waals surface area contributed by atoms with E-state index in [4.69, 9.17) is 9.05 Å². The van der Waals surface area contributed by atoms with Gasteiger partial charge in [0.05, 0.1) is 13.2 Å². The first kappa shape index (κ1) is 27.4. The molecule has 1 aromatic carbocycles. The monoisotopic (exact) mass is 476 g/mol. The number of benzene rings is 1. The average Bonchev–Trinajstić information content (AvgIpc) is 2.71. The van der Waals surface area contributed by atoms with E-state index >= 15 is 0 Å². The molecule has 0 bridgehead atoms. The Morgan fingerprint density at radius 2 is 1.52 bits per heavy atom. The van der Waals surface area contributed by atoms with Crippen molar-refractivity contribution in [3.8, 4) is 5.75 Å². The maximum absolute atomic E-state index is 13.5. The SMILES string of the molecule is CCOP(=O)(CN(CCc1ccccn1)c1cc(C(C)(C)C)c(O)c(C(C)(C)C)c1)OCC. The van der Waals surface area contributed by atoms with Crippen LogP contribution in [0.15, 0.2) is 36.5 Å². The second kappa shape index (κ2) is 11.0. The molecule has 2 aromatic rings. The number of rotatable bonds is 10. The van der Waals surface area contributed by atoms with Crippen LogP contribution in [-0.2, 0) is 30.9 Å². The van der Waals surface area contributed by atoms with E-state index in [-0.39, 0.29) is 17.1 Å². The minimum absolute atomic E-state index is 0.124. The molecule has 2 rings (SSSR count). The van der Waals surface area contributed by atoms with Crippen LogP contribution in [0.2, 0.25) is 0 Å². The Hall–Kier alpha value is -1.88. The molecule has 0 saturated carbocycles. The molecule has 33 heavy (non-hydrogen) atoms. The standard InChI is InChI=1S/C26H41N2O4P/c1-9-31-33(30,32-10-2)19-28(16-14-20-13-11-12-15-27-20)21-17-22(25(3,4)5)24(29)23(18-21)26(6,7)8/h11-13,15,17-18,29H,9-10,14,16,19H2,1-8H3. The maximum atomic E-state index is 13.5. The van der Waals surface area contributed by atoms with E-state index in [1.54, 1.807) is 6.20 Å². The van der Waals surface area contributed by atoms with Crippen LogP contribution < -0.4 is 4.90 Å². The molecular weight excluding hydrogens is 435 g/mol. The second-order valence-corrected chi connectivity index (χ2v) is 12.3. The molecule has 0 fully saturated rings. The molecule has 0 aliphatic heterocycles. The number of phenolic OH excluding ortho intramolecular Hbond substituents is 1. The van der Waals surface area contributed by atoms with E-state index < -0.39 is 7.60 Å². The minimum Gasteiger partial charge on any atom is -0.507 e. The number of hydrogen-bond donors (Lipinski definition) is 1. The summed E-state index contributed by atoms with van der Waals surface area (Å²) in [5, 5.41) is 11.1. The largest absolute Gasteiger partial charge is 0.507 e. The first-order chi connectivity index (χ1) is 15.3. The highest BCUT2D eigenvalue weighted by molar-refractivity contribution is 7.53. The Morgan fingerprint density at radius 1 is 0.970 bits per heavy atom. The number of aromatic hydroxyl groups is 1. The van der Waals surface area contributed by atoms with Crippen molar-refractivity contribution >= 4 is 13.3 Å². The Kier molecular flexibility index (Phi) is 9.15. The molecule has 184 valence electrons. The average molecular weight is 477 g/mol. The molecule has 1 heterocycles. The third-order valence-corrected chi connectivity index (χ3v) is 7.43. The predicted molar refractivity (Wildman–Crippen MR) is 137 cm³/mol. The molecule has 0 aliphatic rings. The summed E-state index contributed by atoms with van der Waals surface area (Å²) in [5.74, 6) is 0.321. The zero-order valence-corrected chi connectivity index (χ0v) is 22.4. The van der Waals surface area contributed by atoms with Crippen LogP contribution in [0.3, 0.4) is 0 Å². The fourth-order valence-electron chi connectivity index (χ4n) is 3.74. The van der Waals surface area contributed by atoms with Gasteiger partial charge < -0.3 is 19.1 Å². The lowest BCUT2D eigenvalue weighted by Gasteiger charge is -2.33. The highest BCUT2D eigenvalue weighted by Gasteiger charge is 2.31. The van der Waals surface area contributed by atoms with Gasteiger partial charge in [-0.1, -0.05) is 47.6 Å². The molecule has 1 aromatic heterocycles. The number of anilines is 1. The van der Waals surface area contributed by atoms with Gasteiger partial charge in [-0.3, -0.25) is 9.55 Å². The van der Waals surface area contributed by atoms with E-state index in [1.807, 2.05) is 49.1 Å². The lowest BCUT2D eigenvalue weighted by molar-refractivity contribution is 0.220. The van der Waals surface area contributed by atoms with Crippen LogP contribution in [0.1, 0.15) is 72.2 Å². The summed E-state index contributed by atoms with van der Waals surface area (Å²) in [6.45, 7) is 17.3. The van der Waals surface area contributed by atoms with Gasteiger partial charge in [0.1, 0.15) is 12.0 Å². The van der Waals surface area contributed by atoms with E-state index in [2.05, 4.69) is 46.5 Å². The van der Waals surface area contributed by atoms with Crippen molar-refractivity contribution in [2.45, 2.75) is 72.6 Å². The van der Waals surface area contributed by atoms with Crippen molar-refractivity contribution in [2.24, 2.45) is 0 Å². The van der Waals surface area contributed by atoms with Crippen molar-refractivity contribution in [1.82, 2.24) is 4.98 Å². The summed E-state index contributed by atoms with van der Waals surface area (Å²) >= 11 is 0. The van der Waals surface area contributed by atoms with Crippen LogP contribution in [0, 0.1) is 0 Å². The molecule has 0 atom stereocenters. The number of pyridine rings is 1. The molecule has 0 spiro atoms. The molecule has 0 saturated heterocycles. The topological polar surface area (TPSA) is 71.9 Å². The third-order valence-electron chi connectivity index (χ3n) is 5.44. The number of hydrogen-bond acceptors (Lipinski definition) is 6. The molecule has 7 heteroatoms. The fourth-order valence-corrected chi connectivity index (χ4v) is 5.49. The molecule has 6 nitrogen and oxygen atoms in total. The number of nitrogens with zero attached hydrogens (tertiary/aromatic N) is 2. The summed E-state index contributed by atoms with van der Waals surface area (Å²) in [6, 6.07) is 9.86. The molecule has 1 N–H and O–H groups in total. The minimum atomic E-state index is -3.34. The van der Waals surface area contributed by atoms with Crippen LogP contribution in [0.25, 0.3) is 0 Å². The van der Waals surface area contributed by atoms with E-state index in [1.165, 1.54) is 0 Å². The zero-order chi connectivity index (χ0) is 24.9. The number of aromatic nitrogens is 1. The molecule has 0 radical (unpaired) electrons. The van der Waals surface area contributed by atoms with Crippen LogP contribution in [0.4, 0.5) is 5.69 Å². The number of phenols is 1. The van der Waals surface area contributed by atoms with Gasteiger partial charge in [0.25, 0.3) is 0 Å². The van der Waals surface area contributed by atoms with Gasteiger partial charge in [-0.25, -0.2) is 0 Å². The normalized spacial score (nSPS) is 12.7. The van der Waals surface area contributed by atoms with Crippen LogP contribution in [-0.4, -0.2) is 36.1 Å². The quantitative estimate of drug-likeness (QED) is 0.387. The lowest BCUT2D eigenvalue weighted by atomic mass is 9.79. The second-order valence-electron chi connectivity index (χ2n) is 10.3. The van der Waals surface area contributed by atoms with Gasteiger partial charge in [0.15, 0.2) is 0 Å². The Balaban J connectivity index is 2.59. The van der Waals surface area contributed by atoms with E-state index in [0.717, 1.165) is 22.5 Å². The van der Waals surface area contributed by atoms with Crippen molar-refractivity contribution in [2.75, 3.05) is 30.9 Å². The molecule has 0 amide bonds. The summed E-state index contributed by atoms with van der Waals surface area (Å²) in [6.07, 6.45) is 2.58. The van der Waals surface area contributed by atoms with E-state index in [9.17, 15) is 9.67 Å². The molecule has 0 unspecified atom stereocenters. The highest BCUT2D eigenvalue weighted by Crippen LogP contribution is 2.50. The van der Waals surface area contributed by atoms with Crippen molar-refractivity contribution < 1.29 is 18.7 Å². The lowest BCUT2D eigenvalue weighted by Crippen LogP contribution is -2.29. The van der Waals surface area contributed by atoms with Crippen molar-refractivity contribution in [3.05, 3.63) is 53.3 Å². The van der Waals surface area contributed by atoms with E-state index in [0.29, 0.717) is 31.9 Å². The Labute approximate surface area is 199 Å². The maximum Gasteiger partial charge on any atom is 0.349 e. The van der Waals surface area contributed by atoms with Crippen LogP contribution >= 0.6 is 7.60 Å². The summed E-state index contributed by atoms with van der Waals surface area (Å²) in [7, 11) is -3.34. The smallest absolute Gasteiger partial charge is 0.349 e.